The molecule has 0 aliphatic heterocycles. The first kappa shape index (κ1) is 15.5. The van der Waals surface area contributed by atoms with E-state index in [9.17, 15) is 4.79 Å². The van der Waals surface area contributed by atoms with Crippen molar-refractivity contribution in [2.45, 2.75) is 27.2 Å². The molecular formula is C15H19ClN2O. The zero-order valence-corrected chi connectivity index (χ0v) is 12.4. The third-order valence-electron chi connectivity index (χ3n) is 2.72. The van der Waals surface area contributed by atoms with Crippen LogP contribution in [0.25, 0.3) is 0 Å². The molecule has 0 saturated heterocycles. The smallest absolute Gasteiger partial charge is 0.255 e. The van der Waals surface area contributed by atoms with Crippen LogP contribution in [0.5, 0.6) is 0 Å². The molecule has 1 aromatic rings. The Morgan fingerprint density at radius 1 is 1.47 bits per heavy atom. The maximum atomic E-state index is 12.5. The largest absolute Gasteiger partial charge is 0.337 e. The minimum Gasteiger partial charge on any atom is -0.337 e. The highest BCUT2D eigenvalue weighted by Gasteiger charge is 2.19. The number of hydrogen-bond acceptors (Lipinski definition) is 2. The molecule has 0 heterocycles. The second-order valence-corrected chi connectivity index (χ2v) is 5.44. The molecule has 0 unspecified atom stereocenters. The van der Waals surface area contributed by atoms with Gasteiger partial charge in [0, 0.05) is 13.1 Å². The first-order valence-corrected chi connectivity index (χ1v) is 6.76. The summed E-state index contributed by atoms with van der Waals surface area (Å²) in [5.41, 5.74) is 1.53. The maximum Gasteiger partial charge on any atom is 0.255 e. The van der Waals surface area contributed by atoms with Crippen molar-refractivity contribution >= 4 is 17.5 Å². The highest BCUT2D eigenvalue weighted by Crippen LogP contribution is 2.20. The van der Waals surface area contributed by atoms with Crippen molar-refractivity contribution in [3.05, 3.63) is 34.3 Å². The Morgan fingerprint density at radius 2 is 2.16 bits per heavy atom. The lowest BCUT2D eigenvalue weighted by Crippen LogP contribution is -2.35. The summed E-state index contributed by atoms with van der Waals surface area (Å²) in [6, 6.07) is 7.48. The number of halogens is 1. The molecule has 0 atom stereocenters. The molecule has 1 amide bonds. The SMILES string of the molecule is Cc1ccc(C(=O)N(CCC#N)CC(C)C)c(Cl)c1. The minimum absolute atomic E-state index is 0.103. The highest BCUT2D eigenvalue weighted by molar-refractivity contribution is 6.33. The normalized spacial score (nSPS) is 10.3. The van der Waals surface area contributed by atoms with Crippen LogP contribution in [0.4, 0.5) is 0 Å². The number of aryl methyl sites for hydroxylation is 1. The fourth-order valence-corrected chi connectivity index (χ4v) is 2.18. The fourth-order valence-electron chi connectivity index (χ4n) is 1.87. The Hall–Kier alpha value is -1.53. The van der Waals surface area contributed by atoms with Gasteiger partial charge in [0.2, 0.25) is 0 Å². The van der Waals surface area contributed by atoms with Crippen LogP contribution in [-0.2, 0) is 0 Å². The molecule has 0 aliphatic carbocycles. The van der Waals surface area contributed by atoms with E-state index < -0.39 is 0 Å². The molecule has 3 nitrogen and oxygen atoms in total. The maximum absolute atomic E-state index is 12.5. The van der Waals surface area contributed by atoms with Crippen LogP contribution < -0.4 is 0 Å². The first-order valence-electron chi connectivity index (χ1n) is 6.38. The van der Waals surface area contributed by atoms with E-state index in [0.29, 0.717) is 36.0 Å². The topological polar surface area (TPSA) is 44.1 Å². The lowest BCUT2D eigenvalue weighted by atomic mass is 10.1. The Labute approximate surface area is 119 Å². The van der Waals surface area contributed by atoms with Crippen molar-refractivity contribution < 1.29 is 4.79 Å². The van der Waals surface area contributed by atoms with Crippen molar-refractivity contribution in [3.63, 3.8) is 0 Å². The summed E-state index contributed by atoms with van der Waals surface area (Å²) in [5.74, 6) is 0.251. The van der Waals surface area contributed by atoms with Gasteiger partial charge < -0.3 is 4.90 Å². The lowest BCUT2D eigenvalue weighted by Gasteiger charge is -2.24. The minimum atomic E-state index is -0.103. The summed E-state index contributed by atoms with van der Waals surface area (Å²) >= 11 is 6.13. The fraction of sp³-hybridized carbons (Fsp3) is 0.467. The van der Waals surface area contributed by atoms with Crippen LogP contribution in [0.1, 0.15) is 36.2 Å². The molecule has 1 rings (SSSR count). The average Bonchev–Trinajstić information content (AvgIpc) is 2.33. The summed E-state index contributed by atoms with van der Waals surface area (Å²) in [7, 11) is 0. The third kappa shape index (κ3) is 4.57. The molecule has 0 aliphatic rings. The number of nitrogens with zero attached hydrogens (tertiary/aromatic N) is 2. The number of carbonyl (C=O) groups is 1. The van der Waals surface area contributed by atoms with Gasteiger partial charge >= 0.3 is 0 Å². The Bertz CT molecular complexity index is 491. The van der Waals surface area contributed by atoms with Crippen molar-refractivity contribution in [2.24, 2.45) is 5.92 Å². The van der Waals surface area contributed by atoms with E-state index in [1.54, 1.807) is 17.0 Å². The zero-order chi connectivity index (χ0) is 14.4. The molecular weight excluding hydrogens is 260 g/mol. The highest BCUT2D eigenvalue weighted by atomic mass is 35.5. The summed E-state index contributed by atoms with van der Waals surface area (Å²) < 4.78 is 0. The van der Waals surface area contributed by atoms with E-state index in [-0.39, 0.29) is 5.91 Å². The number of hydrogen-bond donors (Lipinski definition) is 0. The third-order valence-corrected chi connectivity index (χ3v) is 3.03. The molecule has 102 valence electrons. The molecule has 1 aromatic carbocycles. The Morgan fingerprint density at radius 3 is 2.68 bits per heavy atom. The van der Waals surface area contributed by atoms with Gasteiger partial charge in [-0.25, -0.2) is 0 Å². The number of benzene rings is 1. The first-order chi connectivity index (χ1) is 8.95. The van der Waals surface area contributed by atoms with Gasteiger partial charge in [0.05, 0.1) is 23.1 Å². The number of carbonyl (C=O) groups excluding carboxylic acids is 1. The van der Waals surface area contributed by atoms with Crippen molar-refractivity contribution in [1.29, 1.82) is 5.26 Å². The molecule has 4 heteroatoms. The van der Waals surface area contributed by atoms with E-state index in [2.05, 4.69) is 6.07 Å². The number of nitriles is 1. The second kappa shape index (κ2) is 7.16. The van der Waals surface area contributed by atoms with E-state index in [1.165, 1.54) is 0 Å². The van der Waals surface area contributed by atoms with Crippen molar-refractivity contribution in [3.8, 4) is 6.07 Å². The molecule has 0 bridgehead atoms. The predicted octanol–water partition coefficient (Wildman–Crippen LogP) is 3.66. The van der Waals surface area contributed by atoms with Gasteiger partial charge in [-0.15, -0.1) is 0 Å². The van der Waals surface area contributed by atoms with E-state index >= 15 is 0 Å². The van der Waals surface area contributed by atoms with Gasteiger partial charge in [0.15, 0.2) is 0 Å². The van der Waals surface area contributed by atoms with Crippen LogP contribution >= 0.6 is 11.6 Å². The molecule has 0 aromatic heterocycles. The van der Waals surface area contributed by atoms with E-state index in [0.717, 1.165) is 5.56 Å². The molecule has 19 heavy (non-hydrogen) atoms. The Kier molecular flexibility index (Phi) is 5.85. The molecule has 0 spiro atoms. The van der Waals surface area contributed by atoms with Crippen LogP contribution in [0.2, 0.25) is 5.02 Å². The second-order valence-electron chi connectivity index (χ2n) is 5.04. The Balaban J connectivity index is 2.94. The standard InChI is InChI=1S/C15H19ClN2O/c1-11(2)10-18(8-4-7-17)15(19)13-6-5-12(3)9-14(13)16/h5-6,9,11H,4,8,10H2,1-3H3. The van der Waals surface area contributed by atoms with Gasteiger partial charge in [-0.2, -0.15) is 5.26 Å². The summed E-state index contributed by atoms with van der Waals surface area (Å²) in [5, 5.41) is 9.15. The van der Waals surface area contributed by atoms with E-state index in [4.69, 9.17) is 16.9 Å². The van der Waals surface area contributed by atoms with Crippen molar-refractivity contribution in [2.75, 3.05) is 13.1 Å². The molecule has 0 fully saturated rings. The van der Waals surface area contributed by atoms with Crippen LogP contribution in [0, 0.1) is 24.2 Å². The van der Waals surface area contributed by atoms with Crippen LogP contribution in [0.3, 0.4) is 0 Å². The van der Waals surface area contributed by atoms with Crippen LogP contribution in [-0.4, -0.2) is 23.9 Å². The predicted molar refractivity (Wildman–Crippen MR) is 77.2 cm³/mol. The zero-order valence-electron chi connectivity index (χ0n) is 11.6. The number of rotatable bonds is 5. The quantitative estimate of drug-likeness (QED) is 0.825. The van der Waals surface area contributed by atoms with Gasteiger partial charge in [-0.1, -0.05) is 31.5 Å². The van der Waals surface area contributed by atoms with Gasteiger partial charge in [0.25, 0.3) is 5.91 Å². The summed E-state index contributed by atoms with van der Waals surface area (Å²) in [6.07, 6.45) is 0.335. The van der Waals surface area contributed by atoms with Gasteiger partial charge in [-0.3, -0.25) is 4.79 Å². The number of amides is 1. The summed E-state index contributed by atoms with van der Waals surface area (Å²) in [4.78, 5) is 14.1. The van der Waals surface area contributed by atoms with Gasteiger partial charge in [0.1, 0.15) is 0 Å². The lowest BCUT2D eigenvalue weighted by molar-refractivity contribution is 0.0740. The molecule has 0 radical (unpaired) electrons. The van der Waals surface area contributed by atoms with E-state index in [1.807, 2.05) is 26.8 Å². The van der Waals surface area contributed by atoms with Gasteiger partial charge in [-0.05, 0) is 30.5 Å². The van der Waals surface area contributed by atoms with Crippen LogP contribution in [0.15, 0.2) is 18.2 Å². The summed E-state index contributed by atoms with van der Waals surface area (Å²) in [6.45, 7) is 7.09. The average molecular weight is 279 g/mol. The monoisotopic (exact) mass is 278 g/mol. The molecule has 0 saturated carbocycles. The molecule has 0 N–H and O–H groups in total. The van der Waals surface area contributed by atoms with Crippen molar-refractivity contribution in [1.82, 2.24) is 4.90 Å².